The Morgan fingerprint density at radius 1 is 0.655 bits per heavy atom. The number of benzene rings is 4. The van der Waals surface area contributed by atoms with Crippen LogP contribution in [0, 0.1) is 5.82 Å². The fourth-order valence-electron chi connectivity index (χ4n) is 3.53. The molecule has 0 saturated carbocycles. The summed E-state index contributed by atoms with van der Waals surface area (Å²) in [4.78, 5) is 0. The van der Waals surface area contributed by atoms with Gasteiger partial charge in [-0.3, -0.25) is 0 Å². The van der Waals surface area contributed by atoms with Crippen molar-refractivity contribution in [2.75, 3.05) is 5.32 Å². The average Bonchev–Trinajstić information content (AvgIpc) is 2.75. The van der Waals surface area contributed by atoms with Crippen LogP contribution in [0.5, 0.6) is 0 Å². The van der Waals surface area contributed by atoms with Gasteiger partial charge in [-0.2, -0.15) is 0 Å². The zero-order chi connectivity index (χ0) is 20.2. The molecule has 0 bridgehead atoms. The summed E-state index contributed by atoms with van der Waals surface area (Å²) >= 11 is 0. The first-order valence-electron chi connectivity index (χ1n) is 9.93. The summed E-state index contributed by atoms with van der Waals surface area (Å²) in [5, 5.41) is 3.51. The van der Waals surface area contributed by atoms with E-state index in [9.17, 15) is 4.39 Å². The van der Waals surface area contributed by atoms with Gasteiger partial charge in [0.25, 0.3) is 0 Å². The van der Waals surface area contributed by atoms with Crippen molar-refractivity contribution in [1.82, 2.24) is 0 Å². The first-order chi connectivity index (χ1) is 14.1. The SMILES string of the molecule is CC(C)c1cc(-c2ccccc2)c(Nc2cccc(F)c2)c(-c2ccccc2)c1. The third kappa shape index (κ3) is 4.22. The highest BCUT2D eigenvalue weighted by Gasteiger charge is 2.16. The third-order valence-electron chi connectivity index (χ3n) is 5.09. The minimum Gasteiger partial charge on any atom is -0.354 e. The molecule has 0 heterocycles. The van der Waals surface area contributed by atoms with Crippen LogP contribution < -0.4 is 5.32 Å². The summed E-state index contributed by atoms with van der Waals surface area (Å²) < 4.78 is 13.8. The predicted octanol–water partition coefficient (Wildman–Crippen LogP) is 8.03. The van der Waals surface area contributed by atoms with Gasteiger partial charge in [0, 0.05) is 16.8 Å². The smallest absolute Gasteiger partial charge is 0.125 e. The molecule has 1 nitrogen and oxygen atoms in total. The van der Waals surface area contributed by atoms with E-state index < -0.39 is 0 Å². The zero-order valence-corrected chi connectivity index (χ0v) is 16.7. The molecule has 0 aliphatic carbocycles. The van der Waals surface area contributed by atoms with E-state index in [1.807, 2.05) is 42.5 Å². The molecule has 0 aromatic heterocycles. The van der Waals surface area contributed by atoms with Gasteiger partial charge in [0.15, 0.2) is 0 Å². The molecular weight excluding hydrogens is 357 g/mol. The van der Waals surface area contributed by atoms with Gasteiger partial charge in [0.1, 0.15) is 5.82 Å². The Bertz CT molecular complexity index is 1040. The lowest BCUT2D eigenvalue weighted by molar-refractivity contribution is 0.628. The van der Waals surface area contributed by atoms with Crippen LogP contribution in [0.3, 0.4) is 0 Å². The Morgan fingerprint density at radius 2 is 1.21 bits per heavy atom. The first-order valence-corrected chi connectivity index (χ1v) is 9.93. The van der Waals surface area contributed by atoms with Gasteiger partial charge >= 0.3 is 0 Å². The number of hydrogen-bond donors (Lipinski definition) is 1. The highest BCUT2D eigenvalue weighted by molar-refractivity contribution is 5.93. The van der Waals surface area contributed by atoms with Crippen LogP contribution in [0.25, 0.3) is 22.3 Å². The van der Waals surface area contributed by atoms with Crippen molar-refractivity contribution < 1.29 is 4.39 Å². The standard InChI is InChI=1S/C27H24FN/c1-19(2)22-16-25(20-10-5-3-6-11-20)27(29-24-15-9-14-23(28)18-24)26(17-22)21-12-7-4-8-13-21/h3-19,29H,1-2H3. The normalized spacial score (nSPS) is 10.9. The second kappa shape index (κ2) is 8.32. The fraction of sp³-hybridized carbons (Fsp3) is 0.111. The first kappa shape index (κ1) is 18.9. The third-order valence-corrected chi connectivity index (χ3v) is 5.09. The monoisotopic (exact) mass is 381 g/mol. The van der Waals surface area contributed by atoms with E-state index in [4.69, 9.17) is 0 Å². The Labute approximate surface area is 171 Å². The van der Waals surface area contributed by atoms with Gasteiger partial charge in [-0.25, -0.2) is 4.39 Å². The quantitative estimate of drug-likeness (QED) is 0.369. The van der Waals surface area contributed by atoms with Gasteiger partial charge in [-0.05, 0) is 52.9 Å². The van der Waals surface area contributed by atoms with Crippen LogP contribution in [-0.2, 0) is 0 Å². The largest absolute Gasteiger partial charge is 0.354 e. The van der Waals surface area contributed by atoms with Crippen LogP contribution >= 0.6 is 0 Å². The molecule has 0 spiro atoms. The minimum atomic E-state index is -0.253. The second-order valence-corrected chi connectivity index (χ2v) is 7.51. The van der Waals surface area contributed by atoms with E-state index in [0.717, 1.165) is 33.6 Å². The highest BCUT2D eigenvalue weighted by Crippen LogP contribution is 2.41. The molecule has 0 atom stereocenters. The number of halogens is 1. The van der Waals surface area contributed by atoms with E-state index in [1.165, 1.54) is 17.7 Å². The van der Waals surface area contributed by atoms with Crippen molar-refractivity contribution in [3.8, 4) is 22.3 Å². The molecule has 4 rings (SSSR count). The van der Waals surface area contributed by atoms with Crippen molar-refractivity contribution in [1.29, 1.82) is 0 Å². The van der Waals surface area contributed by atoms with Gasteiger partial charge in [0.05, 0.1) is 5.69 Å². The van der Waals surface area contributed by atoms with Crippen LogP contribution in [0.4, 0.5) is 15.8 Å². The van der Waals surface area contributed by atoms with Crippen molar-refractivity contribution in [2.45, 2.75) is 19.8 Å². The van der Waals surface area contributed by atoms with E-state index >= 15 is 0 Å². The molecule has 29 heavy (non-hydrogen) atoms. The maximum Gasteiger partial charge on any atom is 0.125 e. The van der Waals surface area contributed by atoms with Gasteiger partial charge < -0.3 is 5.32 Å². The summed E-state index contributed by atoms with van der Waals surface area (Å²) in [5.41, 5.74) is 7.47. The second-order valence-electron chi connectivity index (χ2n) is 7.51. The lowest BCUT2D eigenvalue weighted by Gasteiger charge is -2.21. The lowest BCUT2D eigenvalue weighted by atomic mass is 9.89. The summed E-state index contributed by atoms with van der Waals surface area (Å²) in [7, 11) is 0. The molecule has 0 radical (unpaired) electrons. The molecule has 0 fully saturated rings. The summed E-state index contributed by atoms with van der Waals surface area (Å²) in [6.45, 7) is 4.41. The van der Waals surface area contributed by atoms with Gasteiger partial charge in [0.2, 0.25) is 0 Å². The predicted molar refractivity (Wildman–Crippen MR) is 121 cm³/mol. The Balaban J connectivity index is 1.98. The van der Waals surface area contributed by atoms with Crippen molar-refractivity contribution in [2.24, 2.45) is 0 Å². The molecule has 0 amide bonds. The molecular formula is C27H24FN. The fourth-order valence-corrected chi connectivity index (χ4v) is 3.53. The maximum absolute atomic E-state index is 13.8. The Kier molecular flexibility index (Phi) is 5.44. The van der Waals surface area contributed by atoms with Gasteiger partial charge in [-0.15, -0.1) is 0 Å². The topological polar surface area (TPSA) is 12.0 Å². The van der Waals surface area contributed by atoms with Gasteiger partial charge in [-0.1, -0.05) is 80.6 Å². The number of hydrogen-bond acceptors (Lipinski definition) is 1. The number of rotatable bonds is 5. The molecule has 2 heteroatoms. The minimum absolute atomic E-state index is 0.253. The molecule has 4 aromatic rings. The van der Waals surface area contributed by atoms with E-state index in [-0.39, 0.29) is 5.82 Å². The van der Waals surface area contributed by atoms with E-state index in [2.05, 4.69) is 55.6 Å². The molecule has 1 N–H and O–H groups in total. The molecule has 144 valence electrons. The van der Waals surface area contributed by atoms with Crippen LogP contribution in [-0.4, -0.2) is 0 Å². The Morgan fingerprint density at radius 3 is 1.69 bits per heavy atom. The summed E-state index contributed by atoms with van der Waals surface area (Å²) in [5.74, 6) is 0.138. The van der Waals surface area contributed by atoms with E-state index in [0.29, 0.717) is 5.92 Å². The highest BCUT2D eigenvalue weighted by atomic mass is 19.1. The number of nitrogens with one attached hydrogen (secondary N) is 1. The van der Waals surface area contributed by atoms with Crippen molar-refractivity contribution >= 4 is 11.4 Å². The van der Waals surface area contributed by atoms with Crippen LogP contribution in [0.1, 0.15) is 25.3 Å². The maximum atomic E-state index is 13.8. The van der Waals surface area contributed by atoms with Crippen LogP contribution in [0.15, 0.2) is 97.1 Å². The summed E-state index contributed by atoms with van der Waals surface area (Å²) in [6.07, 6.45) is 0. The summed E-state index contributed by atoms with van der Waals surface area (Å²) in [6, 6.07) is 31.8. The van der Waals surface area contributed by atoms with Crippen LogP contribution in [0.2, 0.25) is 0 Å². The average molecular weight is 381 g/mol. The van der Waals surface area contributed by atoms with E-state index in [1.54, 1.807) is 6.07 Å². The Hall–Kier alpha value is -3.39. The molecule has 0 aliphatic rings. The lowest BCUT2D eigenvalue weighted by Crippen LogP contribution is -2.00. The van der Waals surface area contributed by atoms with Crippen molar-refractivity contribution in [3.05, 3.63) is 108 Å². The molecule has 4 aromatic carbocycles. The molecule has 0 saturated heterocycles. The van der Waals surface area contributed by atoms with Crippen molar-refractivity contribution in [3.63, 3.8) is 0 Å². The zero-order valence-electron chi connectivity index (χ0n) is 16.7. The number of anilines is 2. The molecule has 0 aliphatic heterocycles. The molecule has 0 unspecified atom stereocenters.